The molecule has 0 radical (unpaired) electrons. The van der Waals surface area contributed by atoms with Crippen molar-refractivity contribution in [2.75, 3.05) is 30.9 Å². The van der Waals surface area contributed by atoms with Gasteiger partial charge >= 0.3 is 0 Å². The molecule has 0 unspecified atom stereocenters. The average molecular weight is 208 g/mol. The van der Waals surface area contributed by atoms with Gasteiger partial charge in [0.15, 0.2) is 0 Å². The molecule has 1 heterocycles. The maximum atomic E-state index is 4.37. The molecule has 0 aromatic carbocycles. The predicted molar refractivity (Wildman–Crippen MR) is 64.4 cm³/mol. The number of anilines is 2. The van der Waals surface area contributed by atoms with Gasteiger partial charge in [-0.25, -0.2) is 4.98 Å². The summed E-state index contributed by atoms with van der Waals surface area (Å²) in [7, 11) is 3.90. The van der Waals surface area contributed by atoms with Crippen LogP contribution in [0.15, 0.2) is 12.3 Å². The fraction of sp³-hybridized carbons (Fsp3) is 0.636. The van der Waals surface area contributed by atoms with E-state index in [0.717, 1.165) is 12.4 Å². The van der Waals surface area contributed by atoms with Crippen LogP contribution in [0, 0.1) is 0 Å². The van der Waals surface area contributed by atoms with E-state index in [2.05, 4.69) is 34.2 Å². The maximum Gasteiger partial charge on any atom is 0.224 e. The molecule has 1 aromatic rings. The van der Waals surface area contributed by atoms with E-state index in [1.54, 1.807) is 6.20 Å². The molecule has 84 valence electrons. The number of unbranched alkanes of at least 4 members (excludes halogenated alkanes) is 2. The summed E-state index contributed by atoms with van der Waals surface area (Å²) in [4.78, 5) is 10.6. The van der Waals surface area contributed by atoms with E-state index in [1.165, 1.54) is 19.3 Å². The predicted octanol–water partition coefficient (Wildman–Crippen LogP) is 2.14. The van der Waals surface area contributed by atoms with E-state index in [0.29, 0.717) is 5.95 Å². The minimum absolute atomic E-state index is 0.676. The van der Waals surface area contributed by atoms with Gasteiger partial charge in [0.2, 0.25) is 5.95 Å². The van der Waals surface area contributed by atoms with Gasteiger partial charge < -0.3 is 10.2 Å². The van der Waals surface area contributed by atoms with Crippen molar-refractivity contribution in [3.8, 4) is 0 Å². The van der Waals surface area contributed by atoms with E-state index in [4.69, 9.17) is 0 Å². The third kappa shape index (κ3) is 3.73. The van der Waals surface area contributed by atoms with Crippen LogP contribution in [0.4, 0.5) is 11.8 Å². The smallest absolute Gasteiger partial charge is 0.224 e. The lowest BCUT2D eigenvalue weighted by molar-refractivity contribution is 0.701. The van der Waals surface area contributed by atoms with Gasteiger partial charge in [-0.2, -0.15) is 4.98 Å². The lowest BCUT2D eigenvalue weighted by atomic mass is 10.2. The highest BCUT2D eigenvalue weighted by molar-refractivity contribution is 5.41. The SMILES string of the molecule is CCCCCN(C)c1ccnc(NC)n1. The van der Waals surface area contributed by atoms with Crippen molar-refractivity contribution in [2.45, 2.75) is 26.2 Å². The Bertz CT molecular complexity index is 288. The van der Waals surface area contributed by atoms with Crippen molar-refractivity contribution in [1.82, 2.24) is 9.97 Å². The Balaban J connectivity index is 2.52. The van der Waals surface area contributed by atoms with Crippen LogP contribution in [0.5, 0.6) is 0 Å². The Morgan fingerprint density at radius 1 is 1.40 bits per heavy atom. The second-order valence-electron chi connectivity index (χ2n) is 3.62. The van der Waals surface area contributed by atoms with Crippen LogP contribution in [0.1, 0.15) is 26.2 Å². The second-order valence-corrected chi connectivity index (χ2v) is 3.62. The highest BCUT2D eigenvalue weighted by Crippen LogP contribution is 2.10. The summed E-state index contributed by atoms with van der Waals surface area (Å²) in [5.74, 6) is 1.65. The van der Waals surface area contributed by atoms with Crippen molar-refractivity contribution in [3.63, 3.8) is 0 Å². The molecule has 0 spiro atoms. The monoisotopic (exact) mass is 208 g/mol. The number of aromatic nitrogens is 2. The van der Waals surface area contributed by atoms with Gasteiger partial charge in [0.1, 0.15) is 5.82 Å². The third-order valence-corrected chi connectivity index (χ3v) is 2.35. The zero-order valence-electron chi connectivity index (χ0n) is 9.82. The number of nitrogens with one attached hydrogen (secondary N) is 1. The molecule has 4 nitrogen and oxygen atoms in total. The molecule has 15 heavy (non-hydrogen) atoms. The van der Waals surface area contributed by atoms with E-state index in [9.17, 15) is 0 Å². The molecule has 0 saturated heterocycles. The third-order valence-electron chi connectivity index (χ3n) is 2.35. The summed E-state index contributed by atoms with van der Waals surface area (Å²) in [5.41, 5.74) is 0. The van der Waals surface area contributed by atoms with Crippen molar-refractivity contribution in [1.29, 1.82) is 0 Å². The number of nitrogens with zero attached hydrogens (tertiary/aromatic N) is 3. The van der Waals surface area contributed by atoms with Gasteiger partial charge in [-0.15, -0.1) is 0 Å². The molecular formula is C11H20N4. The van der Waals surface area contributed by atoms with Crippen molar-refractivity contribution in [3.05, 3.63) is 12.3 Å². The van der Waals surface area contributed by atoms with E-state index >= 15 is 0 Å². The summed E-state index contributed by atoms with van der Waals surface area (Å²) < 4.78 is 0. The van der Waals surface area contributed by atoms with Gasteiger partial charge in [-0.3, -0.25) is 0 Å². The molecule has 0 fully saturated rings. The standard InChI is InChI=1S/C11H20N4/c1-4-5-6-9-15(3)10-7-8-13-11(12-2)14-10/h7-8H,4-6,9H2,1-3H3,(H,12,13,14). The molecule has 0 aliphatic carbocycles. The topological polar surface area (TPSA) is 41.1 Å². The number of hydrogen-bond donors (Lipinski definition) is 1. The first kappa shape index (κ1) is 11.8. The fourth-order valence-corrected chi connectivity index (χ4v) is 1.40. The Morgan fingerprint density at radius 2 is 2.20 bits per heavy atom. The van der Waals surface area contributed by atoms with Gasteiger partial charge in [0, 0.05) is 26.8 Å². The average Bonchev–Trinajstić information content (AvgIpc) is 2.29. The van der Waals surface area contributed by atoms with Crippen molar-refractivity contribution < 1.29 is 0 Å². The minimum atomic E-state index is 0.676. The molecule has 0 amide bonds. The molecule has 1 aromatic heterocycles. The summed E-state index contributed by atoms with van der Waals surface area (Å²) in [6.45, 7) is 3.26. The first-order valence-corrected chi connectivity index (χ1v) is 5.50. The highest BCUT2D eigenvalue weighted by atomic mass is 15.2. The van der Waals surface area contributed by atoms with E-state index in [1.807, 2.05) is 13.1 Å². The summed E-state index contributed by atoms with van der Waals surface area (Å²) in [5, 5.41) is 2.94. The van der Waals surface area contributed by atoms with Crippen molar-refractivity contribution in [2.24, 2.45) is 0 Å². The molecule has 0 aliphatic rings. The van der Waals surface area contributed by atoms with Crippen LogP contribution in [-0.4, -0.2) is 30.6 Å². The molecule has 1 N–H and O–H groups in total. The van der Waals surface area contributed by atoms with E-state index < -0.39 is 0 Å². The maximum absolute atomic E-state index is 4.37. The summed E-state index contributed by atoms with van der Waals surface area (Å²) in [6, 6.07) is 1.94. The van der Waals surface area contributed by atoms with Gasteiger partial charge in [-0.1, -0.05) is 19.8 Å². The number of rotatable bonds is 6. The Morgan fingerprint density at radius 3 is 2.87 bits per heavy atom. The van der Waals surface area contributed by atoms with Crippen LogP contribution in [0.25, 0.3) is 0 Å². The molecule has 4 heteroatoms. The van der Waals surface area contributed by atoms with Crippen molar-refractivity contribution >= 4 is 11.8 Å². The van der Waals surface area contributed by atoms with Crippen LogP contribution in [0.2, 0.25) is 0 Å². The van der Waals surface area contributed by atoms with E-state index in [-0.39, 0.29) is 0 Å². The minimum Gasteiger partial charge on any atom is -0.360 e. The van der Waals surface area contributed by atoms with Gasteiger partial charge in [0.05, 0.1) is 0 Å². The Labute approximate surface area is 91.7 Å². The highest BCUT2D eigenvalue weighted by Gasteiger charge is 2.02. The normalized spacial score (nSPS) is 10.1. The second kappa shape index (κ2) is 6.22. The van der Waals surface area contributed by atoms with Crippen LogP contribution in [-0.2, 0) is 0 Å². The fourth-order valence-electron chi connectivity index (χ4n) is 1.40. The Kier molecular flexibility index (Phi) is 4.87. The molecule has 0 aliphatic heterocycles. The first-order chi connectivity index (χ1) is 7.27. The number of hydrogen-bond acceptors (Lipinski definition) is 4. The first-order valence-electron chi connectivity index (χ1n) is 5.50. The molecule has 1 rings (SSSR count). The zero-order valence-corrected chi connectivity index (χ0v) is 9.82. The lowest BCUT2D eigenvalue weighted by Gasteiger charge is -2.17. The Hall–Kier alpha value is -1.32. The van der Waals surface area contributed by atoms with Gasteiger partial charge in [0.25, 0.3) is 0 Å². The summed E-state index contributed by atoms with van der Waals surface area (Å²) in [6.07, 6.45) is 5.52. The van der Waals surface area contributed by atoms with Crippen LogP contribution < -0.4 is 10.2 Å². The lowest BCUT2D eigenvalue weighted by Crippen LogP contribution is -2.20. The largest absolute Gasteiger partial charge is 0.360 e. The summed E-state index contributed by atoms with van der Waals surface area (Å²) >= 11 is 0. The molecule has 0 atom stereocenters. The molecular weight excluding hydrogens is 188 g/mol. The quantitative estimate of drug-likeness (QED) is 0.727. The zero-order chi connectivity index (χ0) is 11.1. The van der Waals surface area contributed by atoms with Gasteiger partial charge in [-0.05, 0) is 12.5 Å². The van der Waals surface area contributed by atoms with Crippen LogP contribution >= 0.6 is 0 Å². The molecule has 0 bridgehead atoms. The molecule has 0 saturated carbocycles. The van der Waals surface area contributed by atoms with Crippen LogP contribution in [0.3, 0.4) is 0 Å².